The van der Waals surface area contributed by atoms with Crippen molar-refractivity contribution in [3.05, 3.63) is 33.8 Å². The Morgan fingerprint density at radius 1 is 1.45 bits per heavy atom. The van der Waals surface area contributed by atoms with E-state index in [0.717, 1.165) is 12.0 Å². The molecule has 3 N–H and O–H groups in total. The van der Waals surface area contributed by atoms with Crippen molar-refractivity contribution in [1.29, 1.82) is 0 Å². The maximum atomic E-state index is 11.6. The highest BCUT2D eigenvalue weighted by molar-refractivity contribution is 6.35. The van der Waals surface area contributed by atoms with E-state index in [0.29, 0.717) is 28.4 Å². The van der Waals surface area contributed by atoms with Crippen LogP contribution in [0.15, 0.2) is 18.2 Å². The van der Waals surface area contributed by atoms with Crippen LogP contribution in [0.5, 0.6) is 0 Å². The Balaban J connectivity index is 1.70. The van der Waals surface area contributed by atoms with Crippen molar-refractivity contribution >= 4 is 29.2 Å². The Kier molecular flexibility index (Phi) is 6.32. The third kappa shape index (κ3) is 5.02. The number of amides is 2. The number of carbonyl (C=O) groups is 1. The molecule has 2 amide bonds. The lowest BCUT2D eigenvalue weighted by atomic mass is 10.1. The summed E-state index contributed by atoms with van der Waals surface area (Å²) in [5.41, 5.74) is 1.08. The average Bonchev–Trinajstić information content (AvgIpc) is 3.22. The summed E-state index contributed by atoms with van der Waals surface area (Å²) in [5.74, 6) is 0.748. The number of ether oxygens (including phenoxy) is 1. The fourth-order valence-corrected chi connectivity index (χ4v) is 2.95. The van der Waals surface area contributed by atoms with Crippen LogP contribution in [-0.4, -0.2) is 44.0 Å². The van der Waals surface area contributed by atoms with Crippen molar-refractivity contribution < 1.29 is 14.6 Å². The predicted octanol–water partition coefficient (Wildman–Crippen LogP) is 2.40. The molecule has 2 rings (SSSR count). The lowest BCUT2D eigenvalue weighted by Gasteiger charge is -2.11. The standard InChI is InChI=1S/C15H20Cl2N2O3/c1-22-8-11(20)7-19-15(21)18-6-9-4-13(9)12-3-2-10(16)5-14(12)17/h2-3,5,9,11,13,20H,4,6-8H2,1H3,(H2,18,19,21)/t9-,11-,13-/m1/s1. The molecule has 0 radical (unpaired) electrons. The largest absolute Gasteiger partial charge is 0.389 e. The van der Waals surface area contributed by atoms with Crippen molar-refractivity contribution in [2.45, 2.75) is 18.4 Å². The van der Waals surface area contributed by atoms with Gasteiger partial charge in [-0.15, -0.1) is 0 Å². The number of halogens is 2. The zero-order valence-electron chi connectivity index (χ0n) is 12.3. The molecule has 0 heterocycles. The number of urea groups is 1. The molecular formula is C15H20Cl2N2O3. The molecule has 1 aliphatic carbocycles. The number of rotatable bonds is 7. The molecule has 1 saturated carbocycles. The molecule has 22 heavy (non-hydrogen) atoms. The molecule has 1 aromatic carbocycles. The molecule has 0 unspecified atom stereocenters. The molecular weight excluding hydrogens is 327 g/mol. The fourth-order valence-electron chi connectivity index (χ4n) is 2.40. The van der Waals surface area contributed by atoms with Gasteiger partial charge in [0.2, 0.25) is 0 Å². The number of aliphatic hydroxyl groups excluding tert-OH is 1. The molecule has 0 bridgehead atoms. The van der Waals surface area contributed by atoms with Gasteiger partial charge in [0.05, 0.1) is 12.7 Å². The molecule has 0 spiro atoms. The van der Waals surface area contributed by atoms with Gasteiger partial charge >= 0.3 is 6.03 Å². The number of carbonyl (C=O) groups excluding carboxylic acids is 1. The highest BCUT2D eigenvalue weighted by atomic mass is 35.5. The SMILES string of the molecule is COC[C@H](O)CNC(=O)NC[C@H]1C[C@H]1c1ccc(Cl)cc1Cl. The van der Waals surface area contributed by atoms with E-state index in [2.05, 4.69) is 10.6 Å². The molecule has 7 heteroatoms. The van der Waals surface area contributed by atoms with Gasteiger partial charge in [-0.2, -0.15) is 0 Å². The van der Waals surface area contributed by atoms with Crippen LogP contribution >= 0.6 is 23.2 Å². The fraction of sp³-hybridized carbons (Fsp3) is 0.533. The first kappa shape index (κ1) is 17.3. The Labute approximate surface area is 139 Å². The number of hydrogen-bond acceptors (Lipinski definition) is 3. The van der Waals surface area contributed by atoms with E-state index < -0.39 is 6.10 Å². The van der Waals surface area contributed by atoms with Crippen LogP contribution in [-0.2, 0) is 4.74 Å². The van der Waals surface area contributed by atoms with E-state index in [-0.39, 0.29) is 19.2 Å². The summed E-state index contributed by atoms with van der Waals surface area (Å²) in [4.78, 5) is 11.6. The van der Waals surface area contributed by atoms with Crippen molar-refractivity contribution in [2.75, 3.05) is 26.8 Å². The van der Waals surface area contributed by atoms with Crippen molar-refractivity contribution in [2.24, 2.45) is 5.92 Å². The summed E-state index contributed by atoms with van der Waals surface area (Å²) in [6, 6.07) is 5.22. The lowest BCUT2D eigenvalue weighted by molar-refractivity contribution is 0.0660. The first-order valence-corrected chi connectivity index (χ1v) is 7.90. The predicted molar refractivity (Wildman–Crippen MR) is 86.6 cm³/mol. The summed E-state index contributed by atoms with van der Waals surface area (Å²) in [6.07, 6.45) is 0.297. The molecule has 0 aliphatic heterocycles. The summed E-state index contributed by atoms with van der Waals surface area (Å²) >= 11 is 12.1. The monoisotopic (exact) mass is 346 g/mol. The molecule has 1 fully saturated rings. The molecule has 1 aromatic rings. The van der Waals surface area contributed by atoms with E-state index in [1.165, 1.54) is 7.11 Å². The lowest BCUT2D eigenvalue weighted by Crippen LogP contribution is -2.41. The quantitative estimate of drug-likeness (QED) is 0.709. The van der Waals surface area contributed by atoms with E-state index in [1.807, 2.05) is 12.1 Å². The zero-order chi connectivity index (χ0) is 16.1. The minimum Gasteiger partial charge on any atom is -0.389 e. The highest BCUT2D eigenvalue weighted by Crippen LogP contribution is 2.49. The zero-order valence-corrected chi connectivity index (χ0v) is 13.8. The van der Waals surface area contributed by atoms with Crippen molar-refractivity contribution in [3.63, 3.8) is 0 Å². The van der Waals surface area contributed by atoms with Crippen molar-refractivity contribution in [3.8, 4) is 0 Å². The Morgan fingerprint density at radius 2 is 2.23 bits per heavy atom. The Hall–Kier alpha value is -1.01. The third-order valence-electron chi connectivity index (χ3n) is 3.67. The second kappa shape index (κ2) is 8.02. The van der Waals surface area contributed by atoms with E-state index >= 15 is 0 Å². The molecule has 5 nitrogen and oxygen atoms in total. The minimum atomic E-state index is -0.697. The number of benzene rings is 1. The first-order chi connectivity index (χ1) is 10.5. The van der Waals surface area contributed by atoms with E-state index in [1.54, 1.807) is 6.07 Å². The molecule has 3 atom stereocenters. The van der Waals surface area contributed by atoms with Gasteiger partial charge in [-0.3, -0.25) is 0 Å². The maximum absolute atomic E-state index is 11.6. The summed E-state index contributed by atoms with van der Waals surface area (Å²) in [5, 5.41) is 16.1. The van der Waals surface area contributed by atoms with Gasteiger partial charge in [0.15, 0.2) is 0 Å². The smallest absolute Gasteiger partial charge is 0.314 e. The molecule has 0 saturated heterocycles. The first-order valence-electron chi connectivity index (χ1n) is 7.15. The van der Waals surface area contributed by atoms with Crippen LogP contribution < -0.4 is 10.6 Å². The minimum absolute atomic E-state index is 0.163. The highest BCUT2D eigenvalue weighted by Gasteiger charge is 2.39. The molecule has 122 valence electrons. The number of hydrogen-bond donors (Lipinski definition) is 3. The van der Waals surface area contributed by atoms with Crippen LogP contribution in [0.4, 0.5) is 4.79 Å². The summed E-state index contributed by atoms with van der Waals surface area (Å²) in [7, 11) is 1.50. The Morgan fingerprint density at radius 3 is 2.91 bits per heavy atom. The van der Waals surface area contributed by atoms with Gasteiger partial charge in [-0.1, -0.05) is 29.3 Å². The number of nitrogens with one attached hydrogen (secondary N) is 2. The van der Waals surface area contributed by atoms with Gasteiger partial charge in [-0.25, -0.2) is 4.79 Å². The number of aliphatic hydroxyl groups is 1. The topological polar surface area (TPSA) is 70.6 Å². The number of methoxy groups -OCH3 is 1. The van der Waals surface area contributed by atoms with Crippen molar-refractivity contribution in [1.82, 2.24) is 10.6 Å². The van der Waals surface area contributed by atoms with Crippen LogP contribution in [0.3, 0.4) is 0 Å². The van der Waals surface area contributed by atoms with Crippen LogP contribution in [0.2, 0.25) is 10.0 Å². The van der Waals surface area contributed by atoms with Crippen LogP contribution in [0, 0.1) is 5.92 Å². The normalized spacial score (nSPS) is 21.3. The van der Waals surface area contributed by atoms with Crippen LogP contribution in [0.25, 0.3) is 0 Å². The third-order valence-corrected chi connectivity index (χ3v) is 4.23. The van der Waals surface area contributed by atoms with E-state index in [9.17, 15) is 9.90 Å². The second-order valence-corrected chi connectivity index (χ2v) is 6.31. The van der Waals surface area contributed by atoms with Gasteiger partial charge in [0.25, 0.3) is 0 Å². The van der Waals surface area contributed by atoms with Gasteiger partial charge < -0.3 is 20.5 Å². The van der Waals surface area contributed by atoms with Gasteiger partial charge in [0.1, 0.15) is 0 Å². The van der Waals surface area contributed by atoms with Gasteiger partial charge in [0, 0.05) is 30.2 Å². The summed E-state index contributed by atoms with van der Waals surface area (Å²) in [6.45, 7) is 0.937. The maximum Gasteiger partial charge on any atom is 0.314 e. The van der Waals surface area contributed by atoms with Crippen LogP contribution in [0.1, 0.15) is 17.9 Å². The average molecular weight is 347 g/mol. The van der Waals surface area contributed by atoms with E-state index in [4.69, 9.17) is 27.9 Å². The summed E-state index contributed by atoms with van der Waals surface area (Å²) < 4.78 is 4.78. The molecule has 0 aromatic heterocycles. The van der Waals surface area contributed by atoms with Gasteiger partial charge in [-0.05, 0) is 36.0 Å². The molecule has 1 aliphatic rings. The Bertz CT molecular complexity index is 528. The second-order valence-electron chi connectivity index (χ2n) is 5.47.